The number of hydrogen-bond acceptors (Lipinski definition) is 3. The number of benzene rings is 1. The molecule has 0 aliphatic carbocycles. The van der Waals surface area contributed by atoms with Crippen molar-refractivity contribution in [2.24, 2.45) is 5.73 Å². The summed E-state index contributed by atoms with van der Waals surface area (Å²) in [7, 11) is 0. The van der Waals surface area contributed by atoms with Crippen LogP contribution >= 0.6 is 12.2 Å². The van der Waals surface area contributed by atoms with E-state index in [1.165, 1.54) is 0 Å². The van der Waals surface area contributed by atoms with Crippen LogP contribution in [-0.2, 0) is 0 Å². The molecule has 82 valence electrons. The van der Waals surface area contributed by atoms with E-state index >= 15 is 0 Å². The molecular weight excluding hydrogens is 208 g/mol. The van der Waals surface area contributed by atoms with Crippen LogP contribution in [0.5, 0.6) is 5.75 Å². The molecule has 0 saturated heterocycles. The van der Waals surface area contributed by atoms with Crippen LogP contribution < -0.4 is 15.8 Å². The van der Waals surface area contributed by atoms with Gasteiger partial charge < -0.3 is 15.8 Å². The number of nitrogens with one attached hydrogen (secondary N) is 1. The maximum atomic E-state index is 5.63. The number of rotatable bonds is 5. The van der Waals surface area contributed by atoms with Crippen molar-refractivity contribution in [2.45, 2.75) is 20.0 Å². The first-order valence-electron chi connectivity index (χ1n) is 4.87. The van der Waals surface area contributed by atoms with E-state index < -0.39 is 0 Å². The summed E-state index contributed by atoms with van der Waals surface area (Å²) in [6, 6.07) is 7.73. The number of para-hydroxylation sites is 2. The van der Waals surface area contributed by atoms with Gasteiger partial charge in [-0.1, -0.05) is 24.4 Å². The van der Waals surface area contributed by atoms with Gasteiger partial charge in [0.25, 0.3) is 0 Å². The highest BCUT2D eigenvalue weighted by atomic mass is 32.1. The Morgan fingerprint density at radius 1 is 1.47 bits per heavy atom. The van der Waals surface area contributed by atoms with E-state index in [1.54, 1.807) is 0 Å². The zero-order valence-electron chi connectivity index (χ0n) is 8.99. The minimum Gasteiger partial charge on any atom is -0.489 e. The number of hydrogen-bond donors (Lipinski definition) is 2. The van der Waals surface area contributed by atoms with E-state index in [2.05, 4.69) is 5.32 Å². The zero-order valence-corrected chi connectivity index (χ0v) is 9.80. The second-order valence-corrected chi connectivity index (χ2v) is 4.01. The predicted molar refractivity (Wildman–Crippen MR) is 67.5 cm³/mol. The second-order valence-electron chi connectivity index (χ2n) is 3.48. The maximum Gasteiger partial charge on any atom is 0.142 e. The van der Waals surface area contributed by atoms with Crippen LogP contribution in [0.3, 0.4) is 0 Å². The third-order valence-corrected chi connectivity index (χ3v) is 1.85. The van der Waals surface area contributed by atoms with Gasteiger partial charge in [-0.25, -0.2) is 0 Å². The summed E-state index contributed by atoms with van der Waals surface area (Å²) in [6.45, 7) is 4.46. The lowest BCUT2D eigenvalue weighted by atomic mass is 10.3. The van der Waals surface area contributed by atoms with Gasteiger partial charge in [0, 0.05) is 0 Å². The van der Waals surface area contributed by atoms with Crippen molar-refractivity contribution in [1.29, 1.82) is 0 Å². The molecule has 0 aromatic heterocycles. The van der Waals surface area contributed by atoms with Crippen molar-refractivity contribution >= 4 is 22.9 Å². The molecule has 15 heavy (non-hydrogen) atoms. The zero-order chi connectivity index (χ0) is 11.3. The summed E-state index contributed by atoms with van der Waals surface area (Å²) in [6.07, 6.45) is 0.151. The summed E-state index contributed by atoms with van der Waals surface area (Å²) in [5.74, 6) is 0.823. The molecule has 0 fully saturated rings. The first-order chi connectivity index (χ1) is 7.09. The van der Waals surface area contributed by atoms with Crippen molar-refractivity contribution in [1.82, 2.24) is 0 Å². The summed E-state index contributed by atoms with van der Waals surface area (Å²) in [4.78, 5) is 0.439. The lowest BCUT2D eigenvalue weighted by Gasteiger charge is -2.14. The summed E-state index contributed by atoms with van der Waals surface area (Å²) in [5.41, 5.74) is 6.34. The van der Waals surface area contributed by atoms with Crippen LogP contribution in [-0.4, -0.2) is 17.6 Å². The molecule has 0 bridgehead atoms. The third-order valence-electron chi connectivity index (χ3n) is 1.70. The fraction of sp³-hybridized carbons (Fsp3) is 0.364. The molecule has 0 spiro atoms. The van der Waals surface area contributed by atoms with Crippen LogP contribution in [0, 0.1) is 0 Å². The molecule has 0 amide bonds. The van der Waals surface area contributed by atoms with E-state index in [-0.39, 0.29) is 6.10 Å². The fourth-order valence-electron chi connectivity index (χ4n) is 1.15. The largest absolute Gasteiger partial charge is 0.489 e. The molecular formula is C11H16N2OS. The number of nitrogens with two attached hydrogens (primary N) is 1. The average Bonchev–Trinajstić information content (AvgIpc) is 2.15. The van der Waals surface area contributed by atoms with E-state index in [0.29, 0.717) is 11.5 Å². The van der Waals surface area contributed by atoms with E-state index in [0.717, 1.165) is 11.4 Å². The van der Waals surface area contributed by atoms with Gasteiger partial charge in [-0.3, -0.25) is 0 Å². The first-order valence-corrected chi connectivity index (χ1v) is 5.28. The Kier molecular flexibility index (Phi) is 4.37. The molecule has 1 aromatic rings. The van der Waals surface area contributed by atoms with Crippen LogP contribution in [0.4, 0.5) is 5.69 Å². The van der Waals surface area contributed by atoms with Crippen LogP contribution in [0.2, 0.25) is 0 Å². The van der Waals surface area contributed by atoms with Crippen molar-refractivity contribution in [3.63, 3.8) is 0 Å². The topological polar surface area (TPSA) is 47.3 Å². The van der Waals surface area contributed by atoms with Gasteiger partial charge in [0.05, 0.1) is 23.3 Å². The van der Waals surface area contributed by atoms with Gasteiger partial charge in [-0.15, -0.1) is 0 Å². The Morgan fingerprint density at radius 2 is 2.13 bits per heavy atom. The molecule has 3 nitrogen and oxygen atoms in total. The lowest BCUT2D eigenvalue weighted by Crippen LogP contribution is -2.20. The van der Waals surface area contributed by atoms with Crippen LogP contribution in [0.1, 0.15) is 13.8 Å². The summed E-state index contributed by atoms with van der Waals surface area (Å²) < 4.78 is 5.63. The SMILES string of the molecule is CC(C)Oc1ccccc1NCC(N)=S. The molecule has 0 unspecified atom stereocenters. The standard InChI is InChI=1S/C11H16N2OS/c1-8(2)14-10-6-4-3-5-9(10)13-7-11(12)15/h3-6,8,13H,7H2,1-2H3,(H2,12,15). The second kappa shape index (κ2) is 5.56. The minimum absolute atomic E-state index is 0.151. The molecule has 3 N–H and O–H groups in total. The highest BCUT2D eigenvalue weighted by Gasteiger charge is 2.03. The van der Waals surface area contributed by atoms with Crippen molar-refractivity contribution in [2.75, 3.05) is 11.9 Å². The molecule has 0 aliphatic rings. The Hall–Kier alpha value is -1.29. The van der Waals surface area contributed by atoms with Gasteiger partial charge in [0.15, 0.2) is 0 Å². The average molecular weight is 224 g/mol. The van der Waals surface area contributed by atoms with Gasteiger partial charge in [-0.05, 0) is 26.0 Å². The number of thiocarbonyl (C=S) groups is 1. The highest BCUT2D eigenvalue weighted by molar-refractivity contribution is 7.80. The molecule has 0 saturated carbocycles. The fourth-order valence-corrected chi connectivity index (χ4v) is 1.22. The Labute approximate surface area is 95.6 Å². The van der Waals surface area contributed by atoms with Gasteiger partial charge in [0.1, 0.15) is 5.75 Å². The Balaban J connectivity index is 2.72. The van der Waals surface area contributed by atoms with Crippen LogP contribution in [0.25, 0.3) is 0 Å². The van der Waals surface area contributed by atoms with Crippen molar-refractivity contribution < 1.29 is 4.74 Å². The van der Waals surface area contributed by atoms with E-state index in [1.807, 2.05) is 38.1 Å². The number of ether oxygens (including phenoxy) is 1. The van der Waals surface area contributed by atoms with Crippen molar-refractivity contribution in [3.05, 3.63) is 24.3 Å². The van der Waals surface area contributed by atoms with Gasteiger partial charge in [-0.2, -0.15) is 0 Å². The smallest absolute Gasteiger partial charge is 0.142 e. The van der Waals surface area contributed by atoms with Gasteiger partial charge in [0.2, 0.25) is 0 Å². The molecule has 4 heteroatoms. The molecule has 1 rings (SSSR count). The maximum absolute atomic E-state index is 5.63. The monoisotopic (exact) mass is 224 g/mol. The summed E-state index contributed by atoms with van der Waals surface area (Å²) in [5, 5.41) is 3.13. The molecule has 1 aromatic carbocycles. The Bertz CT molecular complexity index is 339. The molecule has 0 aliphatic heterocycles. The third kappa shape index (κ3) is 4.16. The van der Waals surface area contributed by atoms with Crippen LogP contribution in [0.15, 0.2) is 24.3 Å². The Morgan fingerprint density at radius 3 is 2.73 bits per heavy atom. The molecule has 0 radical (unpaired) electrons. The first kappa shape index (κ1) is 11.8. The van der Waals surface area contributed by atoms with Crippen molar-refractivity contribution in [3.8, 4) is 5.75 Å². The quantitative estimate of drug-likeness (QED) is 0.753. The molecule has 0 atom stereocenters. The lowest BCUT2D eigenvalue weighted by molar-refractivity contribution is 0.243. The minimum atomic E-state index is 0.151. The predicted octanol–water partition coefficient (Wildman–Crippen LogP) is 2.17. The molecule has 0 heterocycles. The number of anilines is 1. The van der Waals surface area contributed by atoms with E-state index in [4.69, 9.17) is 22.7 Å². The van der Waals surface area contributed by atoms with Gasteiger partial charge >= 0.3 is 0 Å². The summed E-state index contributed by atoms with van der Waals surface area (Å²) >= 11 is 4.80. The van der Waals surface area contributed by atoms with E-state index in [9.17, 15) is 0 Å². The highest BCUT2D eigenvalue weighted by Crippen LogP contribution is 2.24. The normalized spacial score (nSPS) is 10.1.